The lowest BCUT2D eigenvalue weighted by atomic mass is 10.2. The van der Waals surface area contributed by atoms with Crippen LogP contribution in [0.4, 0.5) is 5.69 Å². The molecule has 0 saturated heterocycles. The number of allylic oxidation sites excluding steroid dienone is 2. The van der Waals surface area contributed by atoms with Gasteiger partial charge in [0.05, 0.1) is 0 Å². The number of nitrogens with one attached hydrogen (secondary N) is 1. The van der Waals surface area contributed by atoms with Crippen molar-refractivity contribution < 1.29 is 4.74 Å². The molecule has 5 nitrogen and oxygen atoms in total. The second-order valence-corrected chi connectivity index (χ2v) is 4.15. The first-order valence-electron chi connectivity index (χ1n) is 6.31. The minimum atomic E-state index is -0.257. The first kappa shape index (κ1) is 14.7. The quantitative estimate of drug-likeness (QED) is 0.865. The van der Waals surface area contributed by atoms with Crippen molar-refractivity contribution in [1.29, 1.82) is 15.8 Å². The third-order valence-corrected chi connectivity index (χ3v) is 2.69. The highest BCUT2D eigenvalue weighted by molar-refractivity contribution is 5.59. The van der Waals surface area contributed by atoms with Crippen LogP contribution in [0.15, 0.2) is 65.9 Å². The average molecular weight is 286 g/mol. The molecule has 0 spiro atoms. The Labute approximate surface area is 127 Å². The second-order valence-electron chi connectivity index (χ2n) is 4.15. The van der Waals surface area contributed by atoms with E-state index in [0.29, 0.717) is 11.4 Å². The van der Waals surface area contributed by atoms with Crippen LogP contribution in [0, 0.1) is 34.0 Å². The molecular weight excluding hydrogens is 276 g/mol. The molecule has 0 aliphatic rings. The second kappa shape index (κ2) is 7.14. The summed E-state index contributed by atoms with van der Waals surface area (Å²) >= 11 is 0. The monoisotopic (exact) mass is 286 g/mol. The summed E-state index contributed by atoms with van der Waals surface area (Å²) in [6, 6.07) is 21.3. The highest BCUT2D eigenvalue weighted by Crippen LogP contribution is 2.23. The van der Waals surface area contributed by atoms with Crippen molar-refractivity contribution in [2.45, 2.75) is 0 Å². The number of rotatable bonds is 4. The molecule has 0 amide bonds. The summed E-state index contributed by atoms with van der Waals surface area (Å²) < 4.78 is 5.64. The third kappa shape index (κ3) is 3.63. The van der Waals surface area contributed by atoms with Crippen molar-refractivity contribution in [3.8, 4) is 29.7 Å². The number of nitrogens with zero attached hydrogens (tertiary/aromatic N) is 3. The molecule has 0 radical (unpaired) electrons. The summed E-state index contributed by atoms with van der Waals surface area (Å²) in [6.07, 6.45) is 0. The van der Waals surface area contributed by atoms with Crippen LogP contribution >= 0.6 is 0 Å². The normalized spacial score (nSPS) is 8.77. The summed E-state index contributed by atoms with van der Waals surface area (Å²) in [5.74, 6) is 1.36. The molecule has 0 aliphatic heterocycles. The van der Waals surface area contributed by atoms with Crippen LogP contribution in [0.25, 0.3) is 0 Å². The van der Waals surface area contributed by atoms with Crippen LogP contribution in [0.1, 0.15) is 0 Å². The van der Waals surface area contributed by atoms with E-state index in [9.17, 15) is 0 Å². The van der Waals surface area contributed by atoms with Gasteiger partial charge in [0.25, 0.3) is 0 Å². The number of hydrogen-bond acceptors (Lipinski definition) is 5. The van der Waals surface area contributed by atoms with Gasteiger partial charge in [-0.25, -0.2) is 0 Å². The summed E-state index contributed by atoms with van der Waals surface area (Å²) in [7, 11) is 0. The first-order valence-corrected chi connectivity index (χ1v) is 6.31. The number of hydrogen-bond donors (Lipinski definition) is 1. The summed E-state index contributed by atoms with van der Waals surface area (Å²) in [5, 5.41) is 29.3. The molecular formula is C17H10N4O. The van der Waals surface area contributed by atoms with Crippen molar-refractivity contribution in [1.82, 2.24) is 0 Å². The van der Waals surface area contributed by atoms with Crippen molar-refractivity contribution in [3.05, 3.63) is 65.9 Å². The van der Waals surface area contributed by atoms with E-state index in [4.69, 9.17) is 20.5 Å². The van der Waals surface area contributed by atoms with Gasteiger partial charge in [-0.15, -0.1) is 0 Å². The van der Waals surface area contributed by atoms with E-state index in [1.807, 2.05) is 30.3 Å². The lowest BCUT2D eigenvalue weighted by Gasteiger charge is -2.08. The first-order chi connectivity index (χ1) is 10.8. The molecule has 0 saturated carbocycles. The topological polar surface area (TPSA) is 92.6 Å². The molecule has 0 heterocycles. The fraction of sp³-hybridized carbons (Fsp3) is 0. The number of benzene rings is 2. The van der Waals surface area contributed by atoms with Crippen LogP contribution < -0.4 is 10.1 Å². The van der Waals surface area contributed by atoms with Crippen LogP contribution in [0.3, 0.4) is 0 Å². The summed E-state index contributed by atoms with van der Waals surface area (Å²) in [5.41, 5.74) is 0.244. The maximum Gasteiger partial charge on any atom is 0.163 e. The van der Waals surface area contributed by atoms with E-state index < -0.39 is 0 Å². The molecule has 0 unspecified atom stereocenters. The van der Waals surface area contributed by atoms with Crippen molar-refractivity contribution in [2.24, 2.45) is 0 Å². The predicted octanol–water partition coefficient (Wildman–Crippen LogP) is 3.72. The molecule has 104 valence electrons. The number of anilines is 1. The lowest BCUT2D eigenvalue weighted by molar-refractivity contribution is 0.483. The van der Waals surface area contributed by atoms with E-state index in [0.717, 1.165) is 5.75 Å². The molecule has 2 aromatic rings. The maximum atomic E-state index is 8.97. The van der Waals surface area contributed by atoms with Gasteiger partial charge in [0.2, 0.25) is 0 Å². The van der Waals surface area contributed by atoms with Crippen molar-refractivity contribution in [2.75, 3.05) is 5.32 Å². The Morgan fingerprint density at radius 3 is 1.91 bits per heavy atom. The summed E-state index contributed by atoms with van der Waals surface area (Å²) in [6.45, 7) is 0. The number of para-hydroxylation sites is 1. The molecule has 0 aromatic heterocycles. The highest BCUT2D eigenvalue weighted by atomic mass is 16.5. The molecule has 0 aliphatic carbocycles. The van der Waals surface area contributed by atoms with Gasteiger partial charge < -0.3 is 10.1 Å². The van der Waals surface area contributed by atoms with Gasteiger partial charge in [0, 0.05) is 5.69 Å². The molecule has 2 rings (SSSR count). The van der Waals surface area contributed by atoms with Gasteiger partial charge in [-0.1, -0.05) is 18.2 Å². The predicted molar refractivity (Wildman–Crippen MR) is 80.4 cm³/mol. The molecule has 5 heteroatoms. The number of ether oxygens (including phenoxy) is 1. The van der Waals surface area contributed by atoms with Crippen LogP contribution in [0.5, 0.6) is 11.5 Å². The fourth-order valence-electron chi connectivity index (χ4n) is 1.66. The van der Waals surface area contributed by atoms with Crippen LogP contribution in [0.2, 0.25) is 0 Å². The van der Waals surface area contributed by atoms with Gasteiger partial charge in [-0.05, 0) is 36.4 Å². The van der Waals surface area contributed by atoms with Crippen LogP contribution in [-0.2, 0) is 0 Å². The Kier molecular flexibility index (Phi) is 4.76. The zero-order valence-electron chi connectivity index (χ0n) is 11.4. The minimum absolute atomic E-state index is 0.0817. The van der Waals surface area contributed by atoms with E-state index in [-0.39, 0.29) is 11.3 Å². The van der Waals surface area contributed by atoms with Gasteiger partial charge >= 0.3 is 0 Å². The average Bonchev–Trinajstić information content (AvgIpc) is 2.57. The van der Waals surface area contributed by atoms with Crippen molar-refractivity contribution in [3.63, 3.8) is 0 Å². The SMILES string of the molecule is N#CC(C#N)=C(C#N)Nc1ccc(Oc2ccccc2)cc1. The van der Waals surface area contributed by atoms with E-state index in [2.05, 4.69) is 5.32 Å². The Morgan fingerprint density at radius 1 is 0.773 bits per heavy atom. The standard InChI is InChI=1S/C17H10N4O/c18-10-13(11-19)17(12-20)21-14-6-8-16(9-7-14)22-15-4-2-1-3-5-15/h1-9,21H. The smallest absolute Gasteiger partial charge is 0.163 e. The Morgan fingerprint density at radius 2 is 1.36 bits per heavy atom. The Hall–Kier alpha value is -3.75. The van der Waals surface area contributed by atoms with Crippen molar-refractivity contribution >= 4 is 5.69 Å². The summed E-state index contributed by atoms with van der Waals surface area (Å²) in [4.78, 5) is 0. The molecule has 22 heavy (non-hydrogen) atoms. The zero-order valence-corrected chi connectivity index (χ0v) is 11.4. The molecule has 1 N–H and O–H groups in total. The van der Waals surface area contributed by atoms with Gasteiger partial charge in [0.15, 0.2) is 5.57 Å². The minimum Gasteiger partial charge on any atom is -0.457 e. The van der Waals surface area contributed by atoms with Gasteiger partial charge in [-0.3, -0.25) is 0 Å². The molecule has 2 aromatic carbocycles. The zero-order chi connectivity index (χ0) is 15.8. The van der Waals surface area contributed by atoms with E-state index in [1.54, 1.807) is 42.5 Å². The lowest BCUT2D eigenvalue weighted by Crippen LogP contribution is -2.00. The molecule has 0 fully saturated rings. The van der Waals surface area contributed by atoms with E-state index >= 15 is 0 Å². The van der Waals surface area contributed by atoms with Crippen LogP contribution in [-0.4, -0.2) is 0 Å². The van der Waals surface area contributed by atoms with E-state index in [1.165, 1.54) is 0 Å². The Bertz CT molecular complexity index is 787. The Balaban J connectivity index is 2.13. The maximum absolute atomic E-state index is 8.97. The fourth-order valence-corrected chi connectivity index (χ4v) is 1.66. The molecule has 0 bridgehead atoms. The third-order valence-electron chi connectivity index (χ3n) is 2.69. The van der Waals surface area contributed by atoms with Gasteiger partial charge in [-0.2, -0.15) is 15.8 Å². The largest absolute Gasteiger partial charge is 0.457 e. The van der Waals surface area contributed by atoms with Gasteiger partial charge in [0.1, 0.15) is 35.4 Å². The highest BCUT2D eigenvalue weighted by Gasteiger charge is 2.06. The number of nitriles is 3. The molecule has 0 atom stereocenters.